The third kappa shape index (κ3) is 6.70. The largest absolute Gasteiger partial charge is 0.513 e. The molecule has 1 fully saturated rings. The second-order valence-corrected chi connectivity index (χ2v) is 7.70. The van der Waals surface area contributed by atoms with Crippen molar-refractivity contribution >= 4 is 29.3 Å². The summed E-state index contributed by atoms with van der Waals surface area (Å²) >= 11 is 0. The highest BCUT2D eigenvalue weighted by Gasteiger charge is 2.17. The Morgan fingerprint density at radius 1 is 1.00 bits per heavy atom. The summed E-state index contributed by atoms with van der Waals surface area (Å²) in [6.45, 7) is 3.91. The van der Waals surface area contributed by atoms with Crippen LogP contribution in [0.5, 0.6) is 5.75 Å². The molecule has 0 atom stereocenters. The van der Waals surface area contributed by atoms with E-state index in [1.807, 2.05) is 6.92 Å². The van der Waals surface area contributed by atoms with E-state index in [9.17, 15) is 14.4 Å². The van der Waals surface area contributed by atoms with E-state index >= 15 is 0 Å². The maximum Gasteiger partial charge on any atom is 0.513 e. The number of carbonyl (C=O) groups excluding carboxylic acids is 3. The van der Waals surface area contributed by atoms with Crippen LogP contribution < -0.4 is 15.4 Å². The number of nitrogens with one attached hydrogen (secondary N) is 2. The van der Waals surface area contributed by atoms with Gasteiger partial charge >= 0.3 is 6.16 Å². The maximum absolute atomic E-state index is 12.5. The number of rotatable bonds is 7. The average Bonchev–Trinajstić information content (AvgIpc) is 3.30. The molecular formula is C25H28N2O5. The summed E-state index contributed by atoms with van der Waals surface area (Å²) < 4.78 is 9.70. The van der Waals surface area contributed by atoms with Crippen LogP contribution in [0.2, 0.25) is 0 Å². The molecule has 168 valence electrons. The summed E-state index contributed by atoms with van der Waals surface area (Å²) in [7, 11) is 0. The van der Waals surface area contributed by atoms with Crippen LogP contribution in [0.1, 0.15) is 49.9 Å². The van der Waals surface area contributed by atoms with E-state index in [1.165, 1.54) is 25.0 Å². The van der Waals surface area contributed by atoms with Gasteiger partial charge in [0.25, 0.3) is 5.91 Å². The molecule has 0 aromatic heterocycles. The molecular weight excluding hydrogens is 408 g/mol. The molecule has 2 N–H and O–H groups in total. The van der Waals surface area contributed by atoms with E-state index in [4.69, 9.17) is 9.47 Å². The topological polar surface area (TPSA) is 93.7 Å². The fourth-order valence-electron chi connectivity index (χ4n) is 3.68. The van der Waals surface area contributed by atoms with Crippen molar-refractivity contribution in [2.45, 2.75) is 39.5 Å². The molecule has 0 radical (unpaired) electrons. The minimum Gasteiger partial charge on any atom is -0.434 e. The smallest absolute Gasteiger partial charge is 0.434 e. The number of anilines is 2. The Balaban J connectivity index is 1.58. The van der Waals surface area contributed by atoms with Gasteiger partial charge in [0.1, 0.15) is 5.75 Å². The minimum atomic E-state index is -0.795. The fourth-order valence-corrected chi connectivity index (χ4v) is 3.68. The molecule has 2 amide bonds. The van der Waals surface area contributed by atoms with Crippen LogP contribution in [0.3, 0.4) is 0 Å². The number of hydrogen-bond donors (Lipinski definition) is 2. The van der Waals surface area contributed by atoms with Crippen LogP contribution in [0, 0.1) is 5.92 Å². The van der Waals surface area contributed by atoms with Gasteiger partial charge < -0.3 is 20.1 Å². The third-order valence-electron chi connectivity index (χ3n) is 5.33. The summed E-state index contributed by atoms with van der Waals surface area (Å²) in [5.74, 6) is 0.286. The molecule has 3 rings (SSSR count). The lowest BCUT2D eigenvalue weighted by atomic mass is 9.99. The summed E-state index contributed by atoms with van der Waals surface area (Å²) in [6.07, 6.45) is 5.61. The predicted molar refractivity (Wildman–Crippen MR) is 123 cm³/mol. The predicted octanol–water partition coefficient (Wildman–Crippen LogP) is 5.55. The summed E-state index contributed by atoms with van der Waals surface area (Å²) in [6, 6.07) is 13.1. The van der Waals surface area contributed by atoms with Crippen LogP contribution in [0.25, 0.3) is 0 Å². The Labute approximate surface area is 187 Å². The van der Waals surface area contributed by atoms with Gasteiger partial charge in [-0.05, 0) is 75.1 Å². The fraction of sp³-hybridized carbons (Fsp3) is 0.320. The molecule has 0 aliphatic heterocycles. The lowest BCUT2D eigenvalue weighted by Gasteiger charge is -2.11. The molecule has 0 heterocycles. The number of ether oxygens (including phenoxy) is 2. The van der Waals surface area contributed by atoms with E-state index in [0.29, 0.717) is 22.9 Å². The Bertz CT molecular complexity index is 992. The van der Waals surface area contributed by atoms with Gasteiger partial charge in [0.2, 0.25) is 5.91 Å². The third-order valence-corrected chi connectivity index (χ3v) is 5.33. The normalized spacial score (nSPS) is 14.0. The highest BCUT2D eigenvalue weighted by atomic mass is 16.7. The van der Waals surface area contributed by atoms with E-state index in [2.05, 4.69) is 10.6 Å². The Hall–Kier alpha value is -3.61. The van der Waals surface area contributed by atoms with Crippen LogP contribution in [-0.4, -0.2) is 24.6 Å². The van der Waals surface area contributed by atoms with Gasteiger partial charge in [0, 0.05) is 23.0 Å². The quantitative estimate of drug-likeness (QED) is 0.337. The lowest BCUT2D eigenvalue weighted by Crippen LogP contribution is -2.14. The Kier molecular flexibility index (Phi) is 8.02. The SMILES string of the molecule is CCOC(=O)Oc1ccc(C(=O)Nc2cccc(NC(=O)/C=C(\C)C3CCCC3)c2)cc1. The molecule has 2 aromatic rings. The van der Waals surface area contributed by atoms with Crippen LogP contribution in [0.4, 0.5) is 16.2 Å². The Morgan fingerprint density at radius 2 is 1.66 bits per heavy atom. The molecule has 1 saturated carbocycles. The van der Waals surface area contributed by atoms with Gasteiger partial charge in [-0.1, -0.05) is 24.5 Å². The van der Waals surface area contributed by atoms with E-state index < -0.39 is 6.16 Å². The number of allylic oxidation sites excluding steroid dienone is 1. The minimum absolute atomic E-state index is 0.171. The molecule has 2 aromatic carbocycles. The van der Waals surface area contributed by atoms with Gasteiger partial charge in [-0.3, -0.25) is 9.59 Å². The highest BCUT2D eigenvalue weighted by Crippen LogP contribution is 2.30. The molecule has 7 heteroatoms. The van der Waals surface area contributed by atoms with Gasteiger partial charge in [0.05, 0.1) is 6.61 Å². The van der Waals surface area contributed by atoms with E-state index in [-0.39, 0.29) is 24.2 Å². The van der Waals surface area contributed by atoms with Crippen LogP contribution in [0.15, 0.2) is 60.2 Å². The molecule has 0 spiro atoms. The maximum atomic E-state index is 12.5. The lowest BCUT2D eigenvalue weighted by molar-refractivity contribution is -0.112. The first-order valence-electron chi connectivity index (χ1n) is 10.8. The zero-order valence-electron chi connectivity index (χ0n) is 18.4. The van der Waals surface area contributed by atoms with Crippen molar-refractivity contribution < 1.29 is 23.9 Å². The van der Waals surface area contributed by atoms with Crippen molar-refractivity contribution in [3.05, 3.63) is 65.7 Å². The molecule has 1 aliphatic carbocycles. The van der Waals surface area contributed by atoms with Crippen molar-refractivity contribution in [3.8, 4) is 5.75 Å². The molecule has 0 bridgehead atoms. The van der Waals surface area contributed by atoms with Gasteiger partial charge in [-0.25, -0.2) is 4.79 Å². The Morgan fingerprint density at radius 3 is 2.31 bits per heavy atom. The van der Waals surface area contributed by atoms with Gasteiger partial charge in [-0.15, -0.1) is 0 Å². The van der Waals surface area contributed by atoms with Crippen molar-refractivity contribution in [3.63, 3.8) is 0 Å². The number of carbonyl (C=O) groups is 3. The average molecular weight is 437 g/mol. The van der Waals surface area contributed by atoms with Gasteiger partial charge in [0.15, 0.2) is 0 Å². The first-order valence-corrected chi connectivity index (χ1v) is 10.8. The van der Waals surface area contributed by atoms with Crippen LogP contribution in [-0.2, 0) is 9.53 Å². The van der Waals surface area contributed by atoms with Gasteiger partial charge in [-0.2, -0.15) is 0 Å². The first kappa shape index (κ1) is 23.1. The zero-order valence-corrected chi connectivity index (χ0v) is 18.4. The number of benzene rings is 2. The monoisotopic (exact) mass is 436 g/mol. The van der Waals surface area contributed by atoms with Crippen LogP contribution >= 0.6 is 0 Å². The highest BCUT2D eigenvalue weighted by molar-refractivity contribution is 6.05. The van der Waals surface area contributed by atoms with Crippen molar-refractivity contribution in [1.29, 1.82) is 0 Å². The van der Waals surface area contributed by atoms with E-state index in [0.717, 1.165) is 18.4 Å². The second kappa shape index (κ2) is 11.1. The summed E-state index contributed by atoms with van der Waals surface area (Å²) in [5.41, 5.74) is 2.66. The summed E-state index contributed by atoms with van der Waals surface area (Å²) in [4.78, 5) is 36.2. The number of amides is 2. The molecule has 1 aliphatic rings. The summed E-state index contributed by atoms with van der Waals surface area (Å²) in [5, 5.41) is 5.66. The molecule has 7 nitrogen and oxygen atoms in total. The van der Waals surface area contributed by atoms with Crippen molar-refractivity contribution in [2.75, 3.05) is 17.2 Å². The van der Waals surface area contributed by atoms with E-state index in [1.54, 1.807) is 49.4 Å². The van der Waals surface area contributed by atoms with Crippen molar-refractivity contribution in [1.82, 2.24) is 0 Å². The zero-order chi connectivity index (χ0) is 22.9. The molecule has 32 heavy (non-hydrogen) atoms. The molecule has 0 saturated heterocycles. The standard InChI is InChI=1S/C25H28N2O5/c1-3-31-25(30)32-22-13-11-19(12-14-22)24(29)27-21-10-6-9-20(16-21)26-23(28)15-17(2)18-7-4-5-8-18/h6,9-16,18H,3-5,7-8H2,1-2H3,(H,26,28)(H,27,29)/b17-15+. The number of hydrogen-bond acceptors (Lipinski definition) is 5. The first-order chi connectivity index (χ1) is 15.4. The van der Waals surface area contributed by atoms with Crippen molar-refractivity contribution in [2.24, 2.45) is 5.92 Å². The molecule has 0 unspecified atom stereocenters. The second-order valence-electron chi connectivity index (χ2n) is 7.70.